The van der Waals surface area contributed by atoms with Gasteiger partial charge in [0.2, 0.25) is 0 Å². The molecule has 0 aromatic carbocycles. The quantitative estimate of drug-likeness (QED) is 0.338. The first-order valence-corrected chi connectivity index (χ1v) is 3.31. The summed E-state index contributed by atoms with van der Waals surface area (Å²) in [5.41, 5.74) is 0. The van der Waals surface area contributed by atoms with Gasteiger partial charge in [0.1, 0.15) is 0 Å². The molecule has 0 aliphatic rings. The van der Waals surface area contributed by atoms with Crippen molar-refractivity contribution in [3.8, 4) is 6.07 Å². The molecule has 0 unspecified atom stereocenters. The molecule has 0 heterocycles. The molecule has 0 aromatic heterocycles. The van der Waals surface area contributed by atoms with E-state index in [9.17, 15) is 0 Å². The third-order valence-corrected chi connectivity index (χ3v) is 1.13. The van der Waals surface area contributed by atoms with Gasteiger partial charge in [-0.05, 0) is 19.3 Å². The molecule has 10 heavy (non-hydrogen) atoms. The number of nitriles is 1. The van der Waals surface area contributed by atoms with Crippen LogP contribution in [0, 0.1) is 11.3 Å². The van der Waals surface area contributed by atoms with Gasteiger partial charge in [-0.15, -0.1) is 0 Å². The van der Waals surface area contributed by atoms with Crippen molar-refractivity contribution < 1.29 is 0 Å². The Balaban J connectivity index is 3.31. The van der Waals surface area contributed by atoms with E-state index in [1.807, 2.05) is 18.0 Å². The van der Waals surface area contributed by atoms with Gasteiger partial charge < -0.3 is 0 Å². The summed E-state index contributed by atoms with van der Waals surface area (Å²) in [6, 6.07) is 2.03. The van der Waals surface area contributed by atoms with Crippen LogP contribution in [0.1, 0.15) is 0 Å². The second-order valence-electron chi connectivity index (χ2n) is 1.87. The lowest BCUT2D eigenvalue weighted by molar-refractivity contribution is 0.386. The number of thiocarbonyl (C=S) groups is 1. The third kappa shape index (κ3) is 5.39. The Morgan fingerprint density at radius 2 is 2.40 bits per heavy atom. The first kappa shape index (κ1) is 9.25. The molecule has 54 valence electrons. The summed E-state index contributed by atoms with van der Waals surface area (Å²) in [4.78, 5) is 5.58. The topological polar surface area (TPSA) is 39.4 Å². The van der Waals surface area contributed by atoms with Crippen LogP contribution in [0.15, 0.2) is 4.99 Å². The van der Waals surface area contributed by atoms with Gasteiger partial charge in [-0.3, -0.25) is 4.90 Å². The molecule has 3 nitrogen and oxygen atoms in total. The van der Waals surface area contributed by atoms with Crippen LogP contribution >= 0.6 is 12.2 Å². The SMILES string of the molecule is CN(CC#N)CCN=C=S. The monoisotopic (exact) mass is 155 g/mol. The van der Waals surface area contributed by atoms with Crippen LogP contribution in [0.2, 0.25) is 0 Å². The maximum absolute atomic E-state index is 8.23. The van der Waals surface area contributed by atoms with E-state index in [0.29, 0.717) is 13.1 Å². The highest BCUT2D eigenvalue weighted by molar-refractivity contribution is 7.78. The number of likely N-dealkylation sites (N-methyl/N-ethyl adjacent to an activating group) is 1. The molecule has 0 saturated heterocycles. The van der Waals surface area contributed by atoms with Crippen LogP contribution in [0.3, 0.4) is 0 Å². The zero-order valence-corrected chi connectivity index (χ0v) is 6.69. The number of nitrogens with zero attached hydrogens (tertiary/aromatic N) is 3. The normalized spacial score (nSPS) is 8.50. The molecule has 0 aliphatic carbocycles. The highest BCUT2D eigenvalue weighted by Crippen LogP contribution is 1.79. The fourth-order valence-corrected chi connectivity index (χ4v) is 0.557. The number of rotatable bonds is 4. The minimum Gasteiger partial charge on any atom is -0.292 e. The van der Waals surface area contributed by atoms with Gasteiger partial charge in [0.25, 0.3) is 0 Å². The van der Waals surface area contributed by atoms with Crippen molar-refractivity contribution in [1.82, 2.24) is 4.90 Å². The second-order valence-corrected chi connectivity index (χ2v) is 2.05. The van der Waals surface area contributed by atoms with Gasteiger partial charge in [0.15, 0.2) is 0 Å². The lowest BCUT2D eigenvalue weighted by Gasteiger charge is -2.08. The van der Waals surface area contributed by atoms with Crippen LogP contribution in [0.4, 0.5) is 0 Å². The predicted octanol–water partition coefficient (Wildman–Crippen LogP) is 0.545. The van der Waals surface area contributed by atoms with Crippen LogP contribution in [0.5, 0.6) is 0 Å². The van der Waals surface area contributed by atoms with Crippen LogP contribution in [0.25, 0.3) is 0 Å². The smallest absolute Gasteiger partial charge is 0.0864 e. The maximum atomic E-state index is 8.23. The van der Waals surface area contributed by atoms with Crippen molar-refractivity contribution in [2.75, 3.05) is 26.7 Å². The number of hydrogen-bond donors (Lipinski definition) is 0. The van der Waals surface area contributed by atoms with Crippen molar-refractivity contribution in [3.05, 3.63) is 0 Å². The molecule has 0 aromatic rings. The predicted molar refractivity (Wildman–Crippen MR) is 43.0 cm³/mol. The molecule has 0 radical (unpaired) electrons. The Bertz CT molecular complexity index is 166. The van der Waals surface area contributed by atoms with Crippen LogP contribution in [-0.4, -0.2) is 36.7 Å². The molecule has 0 spiro atoms. The minimum atomic E-state index is 0.437. The summed E-state index contributed by atoms with van der Waals surface area (Å²) in [5.74, 6) is 0. The number of hydrogen-bond acceptors (Lipinski definition) is 4. The van der Waals surface area contributed by atoms with E-state index < -0.39 is 0 Å². The fraction of sp³-hybridized carbons (Fsp3) is 0.667. The fourth-order valence-electron chi connectivity index (χ4n) is 0.466. The van der Waals surface area contributed by atoms with E-state index in [-0.39, 0.29) is 0 Å². The van der Waals surface area contributed by atoms with Gasteiger partial charge >= 0.3 is 0 Å². The Morgan fingerprint density at radius 1 is 1.70 bits per heavy atom. The molecule has 0 fully saturated rings. The Labute approximate surface area is 66.0 Å². The van der Waals surface area contributed by atoms with Crippen molar-refractivity contribution in [2.45, 2.75) is 0 Å². The average Bonchev–Trinajstić information content (AvgIpc) is 1.89. The Morgan fingerprint density at radius 3 is 2.90 bits per heavy atom. The van der Waals surface area contributed by atoms with E-state index in [4.69, 9.17) is 5.26 Å². The zero-order valence-electron chi connectivity index (χ0n) is 5.87. The van der Waals surface area contributed by atoms with Crippen LogP contribution in [-0.2, 0) is 0 Å². The molecule has 0 atom stereocenters. The highest BCUT2D eigenvalue weighted by atomic mass is 32.1. The van der Waals surface area contributed by atoms with E-state index in [1.165, 1.54) is 0 Å². The third-order valence-electron chi connectivity index (χ3n) is 0.999. The largest absolute Gasteiger partial charge is 0.292 e. The van der Waals surface area contributed by atoms with Crippen molar-refractivity contribution >= 4 is 17.4 Å². The van der Waals surface area contributed by atoms with E-state index in [0.717, 1.165) is 6.54 Å². The molecule has 0 bridgehead atoms. The molecule has 0 saturated carbocycles. The van der Waals surface area contributed by atoms with Gasteiger partial charge in [-0.2, -0.15) is 5.26 Å². The molecule has 0 N–H and O–H groups in total. The summed E-state index contributed by atoms with van der Waals surface area (Å²) in [6.07, 6.45) is 0. The van der Waals surface area contributed by atoms with Gasteiger partial charge in [0.05, 0.1) is 24.3 Å². The van der Waals surface area contributed by atoms with Gasteiger partial charge in [-0.25, -0.2) is 4.99 Å². The van der Waals surface area contributed by atoms with Crippen molar-refractivity contribution in [3.63, 3.8) is 0 Å². The second kappa shape index (κ2) is 6.37. The maximum Gasteiger partial charge on any atom is 0.0864 e. The highest BCUT2D eigenvalue weighted by Gasteiger charge is 1.92. The summed E-state index contributed by atoms with van der Waals surface area (Å²) in [5, 5.41) is 10.5. The zero-order chi connectivity index (χ0) is 7.82. The average molecular weight is 155 g/mol. The minimum absolute atomic E-state index is 0.437. The lowest BCUT2D eigenvalue weighted by atomic mass is 10.5. The van der Waals surface area contributed by atoms with Crippen LogP contribution < -0.4 is 0 Å². The molecule has 4 heteroatoms. The van der Waals surface area contributed by atoms with E-state index in [2.05, 4.69) is 22.4 Å². The van der Waals surface area contributed by atoms with E-state index in [1.54, 1.807) is 0 Å². The molecule has 0 aliphatic heterocycles. The first-order valence-electron chi connectivity index (χ1n) is 2.90. The molecular weight excluding hydrogens is 146 g/mol. The van der Waals surface area contributed by atoms with Gasteiger partial charge in [-0.1, -0.05) is 0 Å². The van der Waals surface area contributed by atoms with Crippen molar-refractivity contribution in [1.29, 1.82) is 5.26 Å². The Hall–Kier alpha value is -0.750. The molecular formula is C6H9N3S. The number of isothiocyanates is 1. The molecule has 0 rings (SSSR count). The summed E-state index contributed by atoms with van der Waals surface area (Å²) in [6.45, 7) is 1.83. The summed E-state index contributed by atoms with van der Waals surface area (Å²) >= 11 is 4.37. The first-order chi connectivity index (χ1) is 4.81. The Kier molecular flexibility index (Phi) is 5.89. The summed E-state index contributed by atoms with van der Waals surface area (Å²) in [7, 11) is 1.86. The lowest BCUT2D eigenvalue weighted by Crippen LogP contribution is -2.21. The number of aliphatic imine (C=N–C) groups is 1. The van der Waals surface area contributed by atoms with Crippen molar-refractivity contribution in [2.24, 2.45) is 4.99 Å². The molecule has 0 amide bonds. The van der Waals surface area contributed by atoms with E-state index >= 15 is 0 Å². The van der Waals surface area contributed by atoms with Gasteiger partial charge in [0, 0.05) is 6.54 Å². The summed E-state index contributed by atoms with van der Waals surface area (Å²) < 4.78 is 0. The standard InChI is InChI=1S/C6H9N3S/c1-9(4-2-7)5-3-8-6-10/h3-5H2,1H3.